The first kappa shape index (κ1) is 12.3. The van der Waals surface area contributed by atoms with Crippen molar-refractivity contribution >= 4 is 28.6 Å². The van der Waals surface area contributed by atoms with Gasteiger partial charge in [0.2, 0.25) is 0 Å². The third kappa shape index (κ3) is 4.18. The lowest BCUT2D eigenvalue weighted by Crippen LogP contribution is -1.99. The summed E-state index contributed by atoms with van der Waals surface area (Å²) in [6, 6.07) is 8.83. The van der Waals surface area contributed by atoms with Crippen LogP contribution < -0.4 is 0 Å². The topological polar surface area (TPSA) is 74.6 Å². The summed E-state index contributed by atoms with van der Waals surface area (Å²) in [5.74, 6) is -2.22. The predicted octanol–water partition coefficient (Wildman–Crippen LogP) is 1.93. The van der Waals surface area contributed by atoms with Gasteiger partial charge in [-0.25, -0.2) is 4.79 Å². The molecule has 0 bridgehead atoms. The molecule has 0 aliphatic carbocycles. The van der Waals surface area contributed by atoms with Crippen molar-refractivity contribution < 1.29 is 19.8 Å². The molecule has 0 amide bonds. The molecule has 0 fully saturated rings. The highest BCUT2D eigenvalue weighted by Crippen LogP contribution is 2.26. The second-order valence-electron chi connectivity index (χ2n) is 2.90. The molecule has 0 atom stereocenters. The zero-order chi connectivity index (χ0) is 12.0. The maximum atomic E-state index is 10.6. The molecule has 0 unspecified atom stereocenters. The van der Waals surface area contributed by atoms with Gasteiger partial charge in [0.15, 0.2) is 0 Å². The fourth-order valence-electron chi connectivity index (χ4n) is 1.06. The summed E-state index contributed by atoms with van der Waals surface area (Å²) in [5.41, 5.74) is 0.705. The van der Waals surface area contributed by atoms with Crippen LogP contribution in [0, 0.1) is 0 Å². The van der Waals surface area contributed by atoms with Crippen LogP contribution >= 0.6 is 11.8 Å². The van der Waals surface area contributed by atoms with Crippen molar-refractivity contribution in [2.24, 2.45) is 0 Å². The van der Waals surface area contributed by atoms with E-state index in [-0.39, 0.29) is 5.75 Å². The zero-order valence-electron chi connectivity index (χ0n) is 8.29. The Morgan fingerprint density at radius 3 is 2.31 bits per heavy atom. The monoisotopic (exact) mass is 238 g/mol. The Morgan fingerprint density at radius 2 is 1.81 bits per heavy atom. The number of thioether (sulfide) groups is 1. The number of carboxylic acids is 2. The van der Waals surface area contributed by atoms with E-state index < -0.39 is 11.9 Å². The lowest BCUT2D eigenvalue weighted by Gasteiger charge is -2.04. The van der Waals surface area contributed by atoms with E-state index in [1.54, 1.807) is 24.3 Å². The van der Waals surface area contributed by atoms with Gasteiger partial charge in [0, 0.05) is 11.0 Å². The Bertz CT molecular complexity index is 411. The van der Waals surface area contributed by atoms with Crippen molar-refractivity contribution in [3.63, 3.8) is 0 Å². The third-order valence-corrected chi connectivity index (χ3v) is 2.72. The molecule has 0 aliphatic rings. The average molecular weight is 238 g/mol. The number of carbonyl (C=O) groups is 2. The average Bonchev–Trinajstić information content (AvgIpc) is 2.25. The minimum atomic E-state index is -1.09. The van der Waals surface area contributed by atoms with Crippen LogP contribution in [0.2, 0.25) is 0 Å². The number of hydrogen-bond donors (Lipinski definition) is 2. The molecule has 1 aromatic carbocycles. The number of hydrogen-bond acceptors (Lipinski definition) is 3. The summed E-state index contributed by atoms with van der Waals surface area (Å²) >= 11 is 0.992. The van der Waals surface area contributed by atoms with Gasteiger partial charge in [-0.2, -0.15) is 0 Å². The van der Waals surface area contributed by atoms with Gasteiger partial charge < -0.3 is 10.2 Å². The Kier molecular flexibility index (Phi) is 4.60. The van der Waals surface area contributed by atoms with E-state index in [4.69, 9.17) is 10.2 Å². The Balaban J connectivity index is 2.88. The minimum absolute atomic E-state index is 0.159. The summed E-state index contributed by atoms with van der Waals surface area (Å²) < 4.78 is 0. The Morgan fingerprint density at radius 1 is 1.19 bits per heavy atom. The molecule has 1 rings (SSSR count). The van der Waals surface area contributed by atoms with Crippen LogP contribution in [0.4, 0.5) is 0 Å². The van der Waals surface area contributed by atoms with Gasteiger partial charge in [-0.05, 0) is 5.56 Å². The van der Waals surface area contributed by atoms with Crippen molar-refractivity contribution in [1.29, 1.82) is 0 Å². The van der Waals surface area contributed by atoms with E-state index >= 15 is 0 Å². The Hall–Kier alpha value is -1.75. The van der Waals surface area contributed by atoms with Gasteiger partial charge in [-0.3, -0.25) is 4.79 Å². The molecule has 0 spiro atoms. The lowest BCUT2D eigenvalue weighted by molar-refractivity contribution is -0.134. The highest BCUT2D eigenvalue weighted by atomic mass is 32.2. The molecule has 2 N–H and O–H groups in total. The molecule has 0 saturated carbocycles. The van der Waals surface area contributed by atoms with E-state index in [0.717, 1.165) is 17.8 Å². The van der Waals surface area contributed by atoms with Crippen molar-refractivity contribution in [3.8, 4) is 0 Å². The summed E-state index contributed by atoms with van der Waals surface area (Å²) in [6.45, 7) is 0. The second-order valence-corrected chi connectivity index (χ2v) is 3.91. The number of carboxylic acid groups (broad SMARTS) is 2. The highest BCUT2D eigenvalue weighted by Gasteiger charge is 2.07. The quantitative estimate of drug-likeness (QED) is 0.767. The van der Waals surface area contributed by atoms with Crippen LogP contribution in [0.25, 0.3) is 4.91 Å². The normalized spacial score (nSPS) is 11.1. The van der Waals surface area contributed by atoms with Crippen LogP contribution in [0.15, 0.2) is 36.4 Å². The van der Waals surface area contributed by atoms with E-state index in [9.17, 15) is 9.59 Å². The lowest BCUT2D eigenvalue weighted by atomic mass is 10.2. The minimum Gasteiger partial charge on any atom is -0.481 e. The first-order valence-corrected chi connectivity index (χ1v) is 5.43. The van der Waals surface area contributed by atoms with Crippen molar-refractivity contribution in [2.45, 2.75) is 0 Å². The summed E-state index contributed by atoms with van der Waals surface area (Å²) in [5, 5.41) is 17.2. The van der Waals surface area contributed by atoms with Gasteiger partial charge >= 0.3 is 11.9 Å². The van der Waals surface area contributed by atoms with Crippen molar-refractivity contribution in [2.75, 3.05) is 5.75 Å². The fourth-order valence-corrected chi connectivity index (χ4v) is 1.83. The first-order chi connectivity index (χ1) is 7.59. The summed E-state index contributed by atoms with van der Waals surface area (Å²) in [4.78, 5) is 21.5. The van der Waals surface area contributed by atoms with E-state index in [1.807, 2.05) is 6.07 Å². The maximum absolute atomic E-state index is 10.6. The van der Waals surface area contributed by atoms with Gasteiger partial charge in [0.1, 0.15) is 0 Å². The molecule has 0 saturated heterocycles. The van der Waals surface area contributed by atoms with Crippen LogP contribution in [-0.2, 0) is 9.59 Å². The third-order valence-electron chi connectivity index (χ3n) is 1.66. The van der Waals surface area contributed by atoms with Gasteiger partial charge in [0.25, 0.3) is 0 Å². The van der Waals surface area contributed by atoms with Gasteiger partial charge in [-0.15, -0.1) is 11.8 Å². The number of rotatable bonds is 5. The maximum Gasteiger partial charge on any atom is 0.329 e. The molecule has 0 aliphatic heterocycles. The van der Waals surface area contributed by atoms with Crippen LogP contribution in [0.5, 0.6) is 0 Å². The van der Waals surface area contributed by atoms with Crippen LogP contribution in [0.3, 0.4) is 0 Å². The Labute approximate surface area is 96.6 Å². The summed E-state index contributed by atoms with van der Waals surface area (Å²) in [7, 11) is 0. The van der Waals surface area contributed by atoms with E-state index in [0.29, 0.717) is 10.5 Å². The smallest absolute Gasteiger partial charge is 0.329 e. The molecule has 16 heavy (non-hydrogen) atoms. The second kappa shape index (κ2) is 5.97. The molecule has 0 aromatic heterocycles. The van der Waals surface area contributed by atoms with Crippen molar-refractivity contribution in [3.05, 3.63) is 42.0 Å². The zero-order valence-corrected chi connectivity index (χ0v) is 9.11. The highest BCUT2D eigenvalue weighted by molar-refractivity contribution is 8.08. The van der Waals surface area contributed by atoms with Crippen LogP contribution in [0.1, 0.15) is 5.56 Å². The number of benzene rings is 1. The SMILES string of the molecule is O=C(O)/C=C(\SCC(=O)O)c1ccccc1. The van der Waals surface area contributed by atoms with Crippen LogP contribution in [-0.4, -0.2) is 27.9 Å². The molecule has 5 heteroatoms. The first-order valence-electron chi connectivity index (χ1n) is 4.44. The van der Waals surface area contributed by atoms with Gasteiger partial charge in [0.05, 0.1) is 5.75 Å². The predicted molar refractivity (Wildman–Crippen MR) is 62.1 cm³/mol. The standard InChI is InChI=1S/C11H10O4S/c12-10(13)6-9(16-7-11(14)15)8-4-2-1-3-5-8/h1-6H,7H2,(H,12,13)(H,14,15)/b9-6-. The molecule has 1 aromatic rings. The summed E-state index contributed by atoms with van der Waals surface area (Å²) in [6.07, 6.45) is 1.02. The number of aliphatic carboxylic acids is 2. The van der Waals surface area contributed by atoms with E-state index in [1.165, 1.54) is 0 Å². The molecule has 0 radical (unpaired) electrons. The largest absolute Gasteiger partial charge is 0.481 e. The molecular weight excluding hydrogens is 228 g/mol. The van der Waals surface area contributed by atoms with Crippen molar-refractivity contribution in [1.82, 2.24) is 0 Å². The molecule has 84 valence electrons. The molecular formula is C11H10O4S. The molecule has 4 nitrogen and oxygen atoms in total. The van der Waals surface area contributed by atoms with Gasteiger partial charge in [-0.1, -0.05) is 30.3 Å². The molecule has 0 heterocycles. The van der Waals surface area contributed by atoms with E-state index in [2.05, 4.69) is 0 Å². The fraction of sp³-hybridized carbons (Fsp3) is 0.0909.